The number of guanidine groups is 1. The summed E-state index contributed by atoms with van der Waals surface area (Å²) >= 11 is 6.27. The summed E-state index contributed by atoms with van der Waals surface area (Å²) in [6, 6.07) is 15.9. The van der Waals surface area contributed by atoms with E-state index in [4.69, 9.17) is 25.8 Å². The maximum absolute atomic E-state index is 6.27. The standard InChI is InChI=1S/C23H28ClN3O3.HI/c1-25-22(26-14-19-15-29-20-7-2-3-8-21(20)30-19)27-16-23(9-11-28-12-10-23)17-5-4-6-18(24)13-17;/h2-8,13,19H,9-12,14-16H2,1H3,(H2,25,26,27);1H. The van der Waals surface area contributed by atoms with Gasteiger partial charge in [0.05, 0.1) is 6.54 Å². The third-order valence-corrected chi connectivity index (χ3v) is 6.00. The predicted molar refractivity (Wildman–Crippen MR) is 134 cm³/mol. The molecule has 0 aromatic heterocycles. The smallest absolute Gasteiger partial charge is 0.191 e. The van der Waals surface area contributed by atoms with Crippen molar-refractivity contribution >= 4 is 41.5 Å². The summed E-state index contributed by atoms with van der Waals surface area (Å²) in [4.78, 5) is 4.38. The zero-order valence-electron chi connectivity index (χ0n) is 17.6. The lowest BCUT2D eigenvalue weighted by Gasteiger charge is -2.38. The highest BCUT2D eigenvalue weighted by Gasteiger charge is 2.35. The first kappa shape index (κ1) is 23.9. The van der Waals surface area contributed by atoms with Crippen LogP contribution in [0.3, 0.4) is 0 Å². The van der Waals surface area contributed by atoms with Crippen molar-refractivity contribution in [2.24, 2.45) is 4.99 Å². The van der Waals surface area contributed by atoms with Crippen LogP contribution in [0.4, 0.5) is 0 Å². The molecule has 0 radical (unpaired) electrons. The molecule has 2 aliphatic heterocycles. The minimum Gasteiger partial charge on any atom is -0.486 e. The van der Waals surface area contributed by atoms with Gasteiger partial charge in [-0.2, -0.15) is 0 Å². The molecule has 168 valence electrons. The van der Waals surface area contributed by atoms with Crippen LogP contribution in [0.5, 0.6) is 11.5 Å². The average molecular weight is 558 g/mol. The van der Waals surface area contributed by atoms with Crippen molar-refractivity contribution in [1.29, 1.82) is 0 Å². The highest BCUT2D eigenvalue weighted by Crippen LogP contribution is 2.35. The Labute approximate surface area is 205 Å². The fraction of sp³-hybridized carbons (Fsp3) is 0.435. The van der Waals surface area contributed by atoms with Gasteiger partial charge in [-0.25, -0.2) is 0 Å². The summed E-state index contributed by atoms with van der Waals surface area (Å²) in [6.45, 7) is 3.34. The third-order valence-electron chi connectivity index (χ3n) is 5.77. The predicted octanol–water partition coefficient (Wildman–Crippen LogP) is 4.01. The second-order valence-corrected chi connectivity index (χ2v) is 8.14. The Morgan fingerprint density at radius 1 is 1.10 bits per heavy atom. The molecule has 1 fully saturated rings. The molecule has 8 heteroatoms. The van der Waals surface area contributed by atoms with E-state index < -0.39 is 0 Å². The zero-order chi connectivity index (χ0) is 20.8. The van der Waals surface area contributed by atoms with Crippen LogP contribution in [-0.2, 0) is 10.2 Å². The maximum Gasteiger partial charge on any atom is 0.191 e. The number of rotatable bonds is 5. The number of ether oxygens (including phenoxy) is 3. The van der Waals surface area contributed by atoms with Gasteiger partial charge in [0.25, 0.3) is 0 Å². The van der Waals surface area contributed by atoms with Crippen molar-refractivity contribution in [3.05, 3.63) is 59.1 Å². The quantitative estimate of drug-likeness (QED) is 0.331. The van der Waals surface area contributed by atoms with Gasteiger partial charge in [-0.05, 0) is 42.7 Å². The largest absolute Gasteiger partial charge is 0.486 e. The molecule has 1 atom stereocenters. The molecule has 2 aliphatic rings. The summed E-state index contributed by atoms with van der Waals surface area (Å²) in [6.07, 6.45) is 1.80. The van der Waals surface area contributed by atoms with Crippen LogP contribution in [0.1, 0.15) is 18.4 Å². The van der Waals surface area contributed by atoms with E-state index in [2.05, 4.69) is 27.8 Å². The van der Waals surface area contributed by atoms with Crippen LogP contribution in [0.25, 0.3) is 0 Å². The lowest BCUT2D eigenvalue weighted by molar-refractivity contribution is 0.0513. The Morgan fingerprint density at radius 2 is 1.87 bits per heavy atom. The molecule has 0 spiro atoms. The van der Waals surface area contributed by atoms with Crippen LogP contribution in [-0.4, -0.2) is 52.0 Å². The second-order valence-electron chi connectivity index (χ2n) is 7.71. The number of hydrogen-bond acceptors (Lipinski definition) is 4. The van der Waals surface area contributed by atoms with Gasteiger partial charge in [0.15, 0.2) is 17.5 Å². The lowest BCUT2D eigenvalue weighted by atomic mass is 9.74. The maximum atomic E-state index is 6.27. The molecule has 2 aromatic carbocycles. The molecule has 31 heavy (non-hydrogen) atoms. The van der Waals surface area contributed by atoms with Crippen molar-refractivity contribution < 1.29 is 14.2 Å². The van der Waals surface area contributed by atoms with Gasteiger partial charge in [0, 0.05) is 37.2 Å². The van der Waals surface area contributed by atoms with Gasteiger partial charge < -0.3 is 24.8 Å². The van der Waals surface area contributed by atoms with Gasteiger partial charge in [-0.3, -0.25) is 4.99 Å². The fourth-order valence-electron chi connectivity index (χ4n) is 4.00. The highest BCUT2D eigenvalue weighted by molar-refractivity contribution is 14.0. The first-order chi connectivity index (χ1) is 14.7. The number of para-hydroxylation sites is 2. The Balaban J connectivity index is 0.00000272. The lowest BCUT2D eigenvalue weighted by Crippen LogP contribution is -2.50. The molecule has 4 rings (SSSR count). The Kier molecular flexibility index (Phi) is 8.68. The van der Waals surface area contributed by atoms with E-state index in [-0.39, 0.29) is 35.5 Å². The number of nitrogens with one attached hydrogen (secondary N) is 2. The number of fused-ring (bicyclic) bond motifs is 1. The number of nitrogens with zero attached hydrogens (tertiary/aromatic N) is 1. The van der Waals surface area contributed by atoms with E-state index in [1.54, 1.807) is 7.05 Å². The summed E-state index contributed by atoms with van der Waals surface area (Å²) in [7, 11) is 1.78. The molecule has 0 saturated carbocycles. The average Bonchev–Trinajstić information content (AvgIpc) is 2.79. The highest BCUT2D eigenvalue weighted by atomic mass is 127. The van der Waals surface area contributed by atoms with Gasteiger partial charge in [0.2, 0.25) is 0 Å². The first-order valence-electron chi connectivity index (χ1n) is 10.4. The van der Waals surface area contributed by atoms with Crippen molar-refractivity contribution in [2.75, 3.05) is 40.0 Å². The third kappa shape index (κ3) is 5.96. The Morgan fingerprint density at radius 3 is 2.61 bits per heavy atom. The van der Waals surface area contributed by atoms with Gasteiger partial charge in [-0.15, -0.1) is 24.0 Å². The van der Waals surface area contributed by atoms with Gasteiger partial charge in [0.1, 0.15) is 12.7 Å². The summed E-state index contributed by atoms with van der Waals surface area (Å²) in [5, 5.41) is 7.63. The van der Waals surface area contributed by atoms with Crippen LogP contribution in [0, 0.1) is 0 Å². The number of halogens is 2. The van der Waals surface area contributed by atoms with Gasteiger partial charge in [-0.1, -0.05) is 35.9 Å². The van der Waals surface area contributed by atoms with Crippen LogP contribution >= 0.6 is 35.6 Å². The monoisotopic (exact) mass is 557 g/mol. The molecule has 2 heterocycles. The van der Waals surface area contributed by atoms with Crippen molar-refractivity contribution in [1.82, 2.24) is 10.6 Å². The minimum atomic E-state index is -0.0802. The topological polar surface area (TPSA) is 64.1 Å². The second kappa shape index (κ2) is 11.2. The van der Waals surface area contributed by atoms with Crippen LogP contribution in [0.2, 0.25) is 5.02 Å². The molecule has 2 N–H and O–H groups in total. The van der Waals surface area contributed by atoms with Crippen LogP contribution in [0.15, 0.2) is 53.5 Å². The normalized spacial score (nSPS) is 19.8. The minimum absolute atomic E-state index is 0. The van der Waals surface area contributed by atoms with Gasteiger partial charge >= 0.3 is 0 Å². The summed E-state index contributed by atoms with van der Waals surface area (Å²) < 4.78 is 17.4. The SMILES string of the molecule is CN=C(NCC1COc2ccccc2O1)NCC1(c2cccc(Cl)c2)CCOCC1.I. The van der Waals surface area contributed by atoms with E-state index in [1.165, 1.54) is 5.56 Å². The Bertz CT molecular complexity index is 890. The van der Waals surface area contributed by atoms with Crippen LogP contribution < -0.4 is 20.1 Å². The molecule has 0 bridgehead atoms. The molecule has 0 amide bonds. The van der Waals surface area contributed by atoms with E-state index in [0.717, 1.165) is 55.1 Å². The molecule has 1 saturated heterocycles. The molecular weight excluding hydrogens is 529 g/mol. The number of hydrogen-bond donors (Lipinski definition) is 2. The van der Waals surface area contributed by atoms with E-state index >= 15 is 0 Å². The molecular formula is C23H29ClIN3O3. The zero-order valence-corrected chi connectivity index (χ0v) is 20.7. The number of benzene rings is 2. The van der Waals surface area contributed by atoms with Crippen molar-refractivity contribution in [3.8, 4) is 11.5 Å². The Hall–Kier alpha value is -1.71. The molecule has 6 nitrogen and oxygen atoms in total. The molecule has 0 aliphatic carbocycles. The summed E-state index contributed by atoms with van der Waals surface area (Å²) in [5.74, 6) is 2.31. The van der Waals surface area contributed by atoms with E-state index in [1.807, 2.05) is 36.4 Å². The van der Waals surface area contributed by atoms with E-state index in [9.17, 15) is 0 Å². The molecule has 2 aromatic rings. The number of aliphatic imine (C=N–C) groups is 1. The first-order valence-corrected chi connectivity index (χ1v) is 10.7. The van der Waals surface area contributed by atoms with Crippen molar-refractivity contribution in [3.63, 3.8) is 0 Å². The summed E-state index contributed by atoms with van der Waals surface area (Å²) in [5.41, 5.74) is 1.20. The van der Waals surface area contributed by atoms with Crippen molar-refractivity contribution in [2.45, 2.75) is 24.4 Å². The molecule has 1 unspecified atom stereocenters. The van der Waals surface area contributed by atoms with E-state index in [0.29, 0.717) is 13.2 Å². The fourth-order valence-corrected chi connectivity index (χ4v) is 4.19.